The number of halogens is 1. The van der Waals surface area contributed by atoms with Crippen LogP contribution in [0.15, 0.2) is 29.9 Å². The van der Waals surface area contributed by atoms with Gasteiger partial charge >= 0.3 is 0 Å². The number of aryl methyl sites for hydroxylation is 1. The van der Waals surface area contributed by atoms with Crippen molar-refractivity contribution in [2.75, 3.05) is 18.4 Å². The Bertz CT molecular complexity index is 921. The van der Waals surface area contributed by atoms with Crippen LogP contribution in [0.3, 0.4) is 0 Å². The molecule has 2 N–H and O–H groups in total. The Morgan fingerprint density at radius 2 is 2.18 bits per heavy atom. The smallest absolute Gasteiger partial charge is 0.232 e. The van der Waals surface area contributed by atoms with Gasteiger partial charge in [-0.2, -0.15) is 10.1 Å². The second-order valence-corrected chi connectivity index (χ2v) is 7.41. The van der Waals surface area contributed by atoms with Crippen LogP contribution in [-0.2, 0) is 18.3 Å². The van der Waals surface area contributed by atoms with Crippen molar-refractivity contribution >= 4 is 35.6 Å². The van der Waals surface area contributed by atoms with E-state index >= 15 is 0 Å². The zero-order chi connectivity index (χ0) is 18.6. The van der Waals surface area contributed by atoms with Gasteiger partial charge in [-0.15, -0.1) is 23.7 Å². The number of hydrogen-bond donors (Lipinski definition) is 2. The molecule has 0 unspecified atom stereocenters. The van der Waals surface area contributed by atoms with Crippen LogP contribution < -0.4 is 10.6 Å². The molecule has 0 aromatic carbocycles. The predicted molar refractivity (Wildman–Crippen MR) is 111 cm³/mol. The molecule has 3 aromatic heterocycles. The van der Waals surface area contributed by atoms with Crippen LogP contribution >= 0.6 is 23.7 Å². The number of thiazole rings is 1. The second-order valence-electron chi connectivity index (χ2n) is 6.55. The summed E-state index contributed by atoms with van der Waals surface area (Å²) < 4.78 is 1.64. The zero-order valence-corrected chi connectivity index (χ0v) is 17.1. The average Bonchev–Trinajstić information content (AvgIpc) is 3.30. The van der Waals surface area contributed by atoms with Gasteiger partial charge in [-0.05, 0) is 38.1 Å². The second kappa shape index (κ2) is 9.22. The molecule has 3 aromatic rings. The lowest BCUT2D eigenvalue weighted by molar-refractivity contribution is -0.115. The number of nitrogens with one attached hydrogen (secondary N) is 2. The highest BCUT2D eigenvalue weighted by molar-refractivity contribution is 7.13. The number of piperidine rings is 1. The van der Waals surface area contributed by atoms with Gasteiger partial charge in [0.1, 0.15) is 5.01 Å². The Morgan fingerprint density at radius 1 is 1.36 bits per heavy atom. The Kier molecular flexibility index (Phi) is 6.71. The normalized spacial score (nSPS) is 14.5. The Balaban J connectivity index is 0.00000225. The number of anilines is 1. The van der Waals surface area contributed by atoms with Gasteiger partial charge in [-0.3, -0.25) is 15.1 Å². The van der Waals surface area contributed by atoms with Crippen molar-refractivity contribution in [3.8, 4) is 10.6 Å². The minimum absolute atomic E-state index is 0. The highest BCUT2D eigenvalue weighted by Gasteiger charge is 2.21. The number of carbonyl (C=O) groups is 1. The van der Waals surface area contributed by atoms with Crippen LogP contribution in [0.1, 0.15) is 30.3 Å². The van der Waals surface area contributed by atoms with Gasteiger partial charge in [0.2, 0.25) is 11.9 Å². The van der Waals surface area contributed by atoms with E-state index in [-0.39, 0.29) is 24.7 Å². The molecule has 0 saturated carbocycles. The molecule has 1 aliphatic heterocycles. The maximum atomic E-state index is 12.4. The molecular weight excluding hydrogens is 398 g/mol. The predicted octanol–water partition coefficient (Wildman–Crippen LogP) is 2.40. The molecule has 8 nitrogen and oxygen atoms in total. The Hall–Kier alpha value is -2.36. The Labute approximate surface area is 173 Å². The quantitative estimate of drug-likeness (QED) is 0.659. The highest BCUT2D eigenvalue weighted by Crippen LogP contribution is 2.24. The largest absolute Gasteiger partial charge is 0.317 e. The van der Waals surface area contributed by atoms with Crippen molar-refractivity contribution in [2.45, 2.75) is 25.2 Å². The summed E-state index contributed by atoms with van der Waals surface area (Å²) >= 11 is 1.51. The number of pyridine rings is 1. The molecule has 0 bridgehead atoms. The van der Waals surface area contributed by atoms with Crippen molar-refractivity contribution in [1.29, 1.82) is 0 Å². The number of aromatic nitrogens is 5. The van der Waals surface area contributed by atoms with Gasteiger partial charge in [-0.25, -0.2) is 9.67 Å². The van der Waals surface area contributed by atoms with Crippen LogP contribution in [0.5, 0.6) is 0 Å². The van der Waals surface area contributed by atoms with Gasteiger partial charge < -0.3 is 5.32 Å². The van der Waals surface area contributed by atoms with E-state index in [1.165, 1.54) is 11.3 Å². The van der Waals surface area contributed by atoms with Crippen LogP contribution in [0.25, 0.3) is 10.6 Å². The summed E-state index contributed by atoms with van der Waals surface area (Å²) in [5.74, 6) is 1.49. The molecule has 148 valence electrons. The molecule has 4 heterocycles. The van der Waals surface area contributed by atoms with Gasteiger partial charge in [0.15, 0.2) is 5.82 Å². The van der Waals surface area contributed by atoms with Gasteiger partial charge in [-0.1, -0.05) is 0 Å². The lowest BCUT2D eigenvalue weighted by Gasteiger charge is -2.19. The Morgan fingerprint density at radius 3 is 2.93 bits per heavy atom. The summed E-state index contributed by atoms with van der Waals surface area (Å²) in [5.41, 5.74) is 1.69. The highest BCUT2D eigenvalue weighted by atomic mass is 35.5. The molecule has 0 atom stereocenters. The van der Waals surface area contributed by atoms with Crippen molar-refractivity contribution in [2.24, 2.45) is 7.05 Å². The fourth-order valence-electron chi connectivity index (χ4n) is 3.11. The van der Waals surface area contributed by atoms with Gasteiger partial charge in [0.05, 0.1) is 12.1 Å². The third-order valence-electron chi connectivity index (χ3n) is 4.54. The first-order valence-corrected chi connectivity index (χ1v) is 9.83. The van der Waals surface area contributed by atoms with Crippen LogP contribution in [-0.4, -0.2) is 43.7 Å². The van der Waals surface area contributed by atoms with E-state index in [1.807, 2.05) is 17.5 Å². The topological polar surface area (TPSA) is 97.6 Å². The fourth-order valence-corrected chi connectivity index (χ4v) is 3.92. The first kappa shape index (κ1) is 20.4. The molecule has 1 fully saturated rings. The van der Waals surface area contributed by atoms with E-state index in [0.29, 0.717) is 11.9 Å². The molecule has 4 rings (SSSR count). The van der Waals surface area contributed by atoms with E-state index in [2.05, 4.69) is 30.7 Å². The third-order valence-corrected chi connectivity index (χ3v) is 5.48. The van der Waals surface area contributed by atoms with Crippen molar-refractivity contribution in [3.63, 3.8) is 0 Å². The van der Waals surface area contributed by atoms with Crippen molar-refractivity contribution in [3.05, 3.63) is 41.4 Å². The van der Waals surface area contributed by atoms with E-state index in [9.17, 15) is 4.79 Å². The summed E-state index contributed by atoms with van der Waals surface area (Å²) in [5, 5.41) is 13.4. The lowest BCUT2D eigenvalue weighted by Crippen LogP contribution is -2.27. The molecule has 10 heteroatoms. The van der Waals surface area contributed by atoms with Gasteiger partial charge in [0.25, 0.3) is 0 Å². The molecular formula is C18H22ClN7OS. The maximum Gasteiger partial charge on any atom is 0.232 e. The van der Waals surface area contributed by atoms with Crippen LogP contribution in [0.4, 0.5) is 5.95 Å². The van der Waals surface area contributed by atoms with Crippen molar-refractivity contribution < 1.29 is 4.79 Å². The molecule has 0 radical (unpaired) electrons. The summed E-state index contributed by atoms with van der Waals surface area (Å²) in [4.78, 5) is 25.6. The van der Waals surface area contributed by atoms with E-state index in [0.717, 1.165) is 48.0 Å². The number of hydrogen-bond acceptors (Lipinski definition) is 7. The van der Waals surface area contributed by atoms with E-state index in [1.54, 1.807) is 24.1 Å². The minimum atomic E-state index is -0.148. The molecule has 0 aliphatic carbocycles. The third kappa shape index (κ3) is 4.73. The van der Waals surface area contributed by atoms with Crippen LogP contribution in [0.2, 0.25) is 0 Å². The number of carbonyl (C=O) groups excluding carboxylic acids is 1. The zero-order valence-electron chi connectivity index (χ0n) is 15.5. The molecule has 28 heavy (non-hydrogen) atoms. The monoisotopic (exact) mass is 419 g/mol. The maximum absolute atomic E-state index is 12.4. The first-order valence-electron chi connectivity index (χ1n) is 8.95. The summed E-state index contributed by atoms with van der Waals surface area (Å²) in [6.07, 6.45) is 5.74. The number of nitrogens with zero attached hydrogens (tertiary/aromatic N) is 5. The molecule has 1 amide bonds. The minimum Gasteiger partial charge on any atom is -0.317 e. The van der Waals surface area contributed by atoms with Crippen molar-refractivity contribution in [1.82, 2.24) is 30.0 Å². The molecule has 1 saturated heterocycles. The van der Waals surface area contributed by atoms with Crippen LogP contribution in [0, 0.1) is 0 Å². The van der Waals surface area contributed by atoms with E-state index in [4.69, 9.17) is 0 Å². The average molecular weight is 420 g/mol. The standard InChI is InChI=1S/C18H21N7OS.ClH/c1-25-18(23-16(24-25)12-4-7-19-8-5-12)22-15(26)9-14-11-27-17(21-14)13-3-2-6-20-10-13;/h2-3,6,10-12,19H,4-5,7-9H2,1H3,(H,22,23,24,26);1H. The summed E-state index contributed by atoms with van der Waals surface area (Å²) in [7, 11) is 1.80. The van der Waals surface area contributed by atoms with Gasteiger partial charge in [0, 0.05) is 36.3 Å². The lowest BCUT2D eigenvalue weighted by atomic mass is 9.98. The number of amides is 1. The van der Waals surface area contributed by atoms with E-state index < -0.39 is 0 Å². The summed E-state index contributed by atoms with van der Waals surface area (Å²) in [6, 6.07) is 3.83. The molecule has 1 aliphatic rings. The number of rotatable bonds is 5. The summed E-state index contributed by atoms with van der Waals surface area (Å²) in [6.45, 7) is 1.96. The molecule has 0 spiro atoms. The first-order chi connectivity index (χ1) is 13.2. The fraction of sp³-hybridized carbons (Fsp3) is 0.389. The SMILES string of the molecule is Cl.Cn1nc(C2CCNCC2)nc1NC(=O)Cc1csc(-c2cccnc2)n1.